The molecule has 176 valence electrons. The molecule has 0 aromatic heterocycles. The molecule has 6 heteroatoms. The minimum absolute atomic E-state index is 0.306. The second kappa shape index (κ2) is 10.1. The number of amides is 1. The number of hydrogen-bond acceptors (Lipinski definition) is 5. The summed E-state index contributed by atoms with van der Waals surface area (Å²) in [6.07, 6.45) is 4.08. The minimum Gasteiger partial charge on any atom is -0.497 e. The van der Waals surface area contributed by atoms with Gasteiger partial charge in [-0.3, -0.25) is 14.6 Å². The van der Waals surface area contributed by atoms with Gasteiger partial charge in [0.15, 0.2) is 0 Å². The normalized spacial score (nSPS) is 20.5. The molecule has 2 saturated heterocycles. The van der Waals surface area contributed by atoms with E-state index in [2.05, 4.69) is 56.0 Å². The highest BCUT2D eigenvalue weighted by Gasteiger charge is 2.30. The molecule has 0 atom stereocenters. The summed E-state index contributed by atoms with van der Waals surface area (Å²) in [7, 11) is 1.69. The summed E-state index contributed by atoms with van der Waals surface area (Å²) in [6.45, 7) is 8.27. The Hall–Kier alpha value is -2.57. The highest BCUT2D eigenvalue weighted by molar-refractivity contribution is 5.78. The summed E-state index contributed by atoms with van der Waals surface area (Å²) in [6, 6.07) is 17.8. The van der Waals surface area contributed by atoms with Crippen molar-refractivity contribution in [3.8, 4) is 16.9 Å². The lowest BCUT2D eigenvalue weighted by atomic mass is 9.91. The second-order valence-electron chi connectivity index (χ2n) is 9.54. The lowest BCUT2D eigenvalue weighted by Gasteiger charge is -2.43. The van der Waals surface area contributed by atoms with Gasteiger partial charge in [0.1, 0.15) is 5.75 Å². The first-order valence-corrected chi connectivity index (χ1v) is 12.4. The second-order valence-corrected chi connectivity index (χ2v) is 9.54. The number of nitrogens with zero attached hydrogens (tertiary/aromatic N) is 4. The topological polar surface area (TPSA) is 39.3 Å². The number of carbonyl (C=O) groups is 1. The Balaban J connectivity index is 1.08. The van der Waals surface area contributed by atoms with E-state index in [-0.39, 0.29) is 0 Å². The largest absolute Gasteiger partial charge is 0.497 e. The number of benzene rings is 2. The zero-order valence-corrected chi connectivity index (χ0v) is 19.8. The van der Waals surface area contributed by atoms with Crippen molar-refractivity contribution in [1.29, 1.82) is 0 Å². The van der Waals surface area contributed by atoms with Crippen molar-refractivity contribution in [3.05, 3.63) is 48.5 Å². The van der Waals surface area contributed by atoms with Crippen LogP contribution in [0, 0.1) is 0 Å². The Morgan fingerprint density at radius 2 is 1.42 bits per heavy atom. The van der Waals surface area contributed by atoms with Crippen LogP contribution in [-0.2, 0) is 4.79 Å². The Labute approximate surface area is 197 Å². The number of rotatable bonds is 6. The Morgan fingerprint density at radius 1 is 0.818 bits per heavy atom. The van der Waals surface area contributed by atoms with E-state index >= 15 is 0 Å². The molecule has 2 aromatic rings. The van der Waals surface area contributed by atoms with Crippen molar-refractivity contribution in [3.63, 3.8) is 0 Å². The van der Waals surface area contributed by atoms with Crippen LogP contribution in [0.5, 0.6) is 5.75 Å². The number of anilines is 1. The maximum Gasteiger partial charge on any atom is 0.236 e. The highest BCUT2D eigenvalue weighted by Crippen LogP contribution is 2.27. The van der Waals surface area contributed by atoms with Crippen LogP contribution in [0.3, 0.4) is 0 Å². The van der Waals surface area contributed by atoms with E-state index in [4.69, 9.17) is 4.74 Å². The summed E-state index contributed by atoms with van der Waals surface area (Å²) >= 11 is 0. The molecule has 0 spiro atoms. The quantitative estimate of drug-likeness (QED) is 0.679. The van der Waals surface area contributed by atoms with Gasteiger partial charge in [-0.2, -0.15) is 0 Å². The van der Waals surface area contributed by atoms with E-state index in [1.54, 1.807) is 7.11 Å². The van der Waals surface area contributed by atoms with Crippen LogP contribution in [0.2, 0.25) is 0 Å². The van der Waals surface area contributed by atoms with Crippen LogP contribution >= 0.6 is 0 Å². The SMILES string of the molecule is COc1ccc(-c2ccc(N3CCN(CC(=O)N4CCN(C5CCC5)CC4)CC3)cc2)cc1. The number of methoxy groups -OCH3 is 1. The molecule has 1 amide bonds. The number of hydrogen-bond donors (Lipinski definition) is 0. The van der Waals surface area contributed by atoms with Crippen LogP contribution in [0.15, 0.2) is 48.5 Å². The first-order chi connectivity index (χ1) is 16.2. The van der Waals surface area contributed by atoms with Crippen molar-refractivity contribution < 1.29 is 9.53 Å². The van der Waals surface area contributed by atoms with Gasteiger partial charge in [0.2, 0.25) is 5.91 Å². The third-order valence-electron chi connectivity index (χ3n) is 7.65. The fraction of sp³-hybridized carbons (Fsp3) is 0.519. The predicted molar refractivity (Wildman–Crippen MR) is 133 cm³/mol. The lowest BCUT2D eigenvalue weighted by Crippen LogP contribution is -2.56. The van der Waals surface area contributed by atoms with Crippen molar-refractivity contribution in [2.75, 3.05) is 70.9 Å². The molecule has 1 saturated carbocycles. The van der Waals surface area contributed by atoms with E-state index in [1.807, 2.05) is 12.1 Å². The summed E-state index contributed by atoms with van der Waals surface area (Å²) < 4.78 is 5.25. The number of ether oxygens (including phenoxy) is 1. The van der Waals surface area contributed by atoms with E-state index in [0.717, 1.165) is 64.1 Å². The van der Waals surface area contributed by atoms with E-state index in [9.17, 15) is 4.79 Å². The predicted octanol–water partition coefficient (Wildman–Crippen LogP) is 3.18. The minimum atomic E-state index is 0.306. The zero-order valence-electron chi connectivity index (χ0n) is 19.8. The fourth-order valence-corrected chi connectivity index (χ4v) is 5.19. The standard InChI is InChI=1S/C27H36N4O2/c1-33-26-11-7-23(8-12-26)22-5-9-25(10-6-22)29-15-13-28(14-16-29)21-27(32)31-19-17-30(18-20-31)24-3-2-4-24/h5-12,24H,2-4,13-21H2,1H3. The van der Waals surface area contributed by atoms with Crippen molar-refractivity contribution in [2.24, 2.45) is 0 Å². The van der Waals surface area contributed by atoms with Gasteiger partial charge in [-0.15, -0.1) is 0 Å². The van der Waals surface area contributed by atoms with Crippen molar-refractivity contribution in [2.45, 2.75) is 25.3 Å². The third-order valence-corrected chi connectivity index (χ3v) is 7.65. The lowest BCUT2D eigenvalue weighted by molar-refractivity contribution is -0.134. The average Bonchev–Trinajstić information content (AvgIpc) is 2.84. The van der Waals surface area contributed by atoms with E-state index in [1.165, 1.54) is 36.1 Å². The third kappa shape index (κ3) is 5.17. The van der Waals surface area contributed by atoms with Crippen LogP contribution in [0.25, 0.3) is 11.1 Å². The van der Waals surface area contributed by atoms with Crippen molar-refractivity contribution in [1.82, 2.24) is 14.7 Å². The summed E-state index contributed by atoms with van der Waals surface area (Å²) in [5, 5.41) is 0. The van der Waals surface area contributed by atoms with Gasteiger partial charge in [0.25, 0.3) is 0 Å². The van der Waals surface area contributed by atoms with Gasteiger partial charge in [0, 0.05) is 64.1 Å². The smallest absolute Gasteiger partial charge is 0.236 e. The summed E-state index contributed by atoms with van der Waals surface area (Å²) in [4.78, 5) is 22.3. The average molecular weight is 449 g/mol. The molecule has 2 aromatic carbocycles. The maximum absolute atomic E-state index is 12.8. The molecule has 33 heavy (non-hydrogen) atoms. The monoisotopic (exact) mass is 448 g/mol. The van der Waals surface area contributed by atoms with Gasteiger partial charge < -0.3 is 14.5 Å². The maximum atomic E-state index is 12.8. The van der Waals surface area contributed by atoms with Crippen LogP contribution < -0.4 is 9.64 Å². The number of piperazine rings is 2. The van der Waals surface area contributed by atoms with E-state index < -0.39 is 0 Å². The Morgan fingerprint density at radius 3 is 1.97 bits per heavy atom. The number of carbonyl (C=O) groups excluding carboxylic acids is 1. The van der Waals surface area contributed by atoms with Gasteiger partial charge in [-0.1, -0.05) is 30.7 Å². The Kier molecular flexibility index (Phi) is 6.83. The molecule has 6 nitrogen and oxygen atoms in total. The van der Waals surface area contributed by atoms with E-state index in [0.29, 0.717) is 12.5 Å². The molecule has 0 N–H and O–H groups in total. The van der Waals surface area contributed by atoms with Crippen LogP contribution in [0.1, 0.15) is 19.3 Å². The molecule has 1 aliphatic carbocycles. The molecule has 3 fully saturated rings. The summed E-state index contributed by atoms with van der Waals surface area (Å²) in [5.41, 5.74) is 3.66. The molecule has 0 unspecified atom stereocenters. The molecule has 0 radical (unpaired) electrons. The summed E-state index contributed by atoms with van der Waals surface area (Å²) in [5.74, 6) is 1.18. The van der Waals surface area contributed by atoms with Gasteiger partial charge >= 0.3 is 0 Å². The first-order valence-electron chi connectivity index (χ1n) is 12.4. The molecule has 2 aliphatic heterocycles. The molecular formula is C27H36N4O2. The molecule has 3 aliphatic rings. The van der Waals surface area contributed by atoms with Crippen molar-refractivity contribution >= 4 is 11.6 Å². The first kappa shape index (κ1) is 22.2. The molecule has 0 bridgehead atoms. The fourth-order valence-electron chi connectivity index (χ4n) is 5.19. The molecule has 5 rings (SSSR count). The van der Waals surface area contributed by atoms with Crippen LogP contribution in [-0.4, -0.2) is 92.7 Å². The zero-order chi connectivity index (χ0) is 22.6. The molecular weight excluding hydrogens is 412 g/mol. The van der Waals surface area contributed by atoms with Gasteiger partial charge in [0.05, 0.1) is 13.7 Å². The van der Waals surface area contributed by atoms with Gasteiger partial charge in [-0.25, -0.2) is 0 Å². The Bertz CT molecular complexity index is 910. The van der Waals surface area contributed by atoms with Gasteiger partial charge in [-0.05, 0) is 48.2 Å². The highest BCUT2D eigenvalue weighted by atomic mass is 16.5. The van der Waals surface area contributed by atoms with Crippen LogP contribution in [0.4, 0.5) is 5.69 Å². The molecule has 2 heterocycles.